The molecule has 1 heterocycles. The molecule has 0 saturated carbocycles. The second kappa shape index (κ2) is 9.19. The highest BCUT2D eigenvalue weighted by Crippen LogP contribution is 2.17. The number of hydrogen-bond acceptors (Lipinski definition) is 5. The molecule has 7 nitrogen and oxygen atoms in total. The third-order valence-electron chi connectivity index (χ3n) is 4.63. The van der Waals surface area contributed by atoms with Crippen molar-refractivity contribution in [1.29, 1.82) is 0 Å². The number of sulfonamides is 1. The Morgan fingerprint density at radius 3 is 2.38 bits per heavy atom. The van der Waals surface area contributed by atoms with E-state index in [-0.39, 0.29) is 10.7 Å². The average molecular weight is 419 g/mol. The van der Waals surface area contributed by atoms with Crippen LogP contribution in [0.2, 0.25) is 0 Å². The Labute approximate surface area is 171 Å². The van der Waals surface area contributed by atoms with Crippen LogP contribution in [0.4, 0.5) is 0 Å². The summed E-state index contributed by atoms with van der Waals surface area (Å²) in [6, 6.07) is 8.06. The van der Waals surface area contributed by atoms with Gasteiger partial charge in [0.25, 0.3) is 0 Å². The Kier molecular flexibility index (Phi) is 7.16. The van der Waals surface area contributed by atoms with Crippen LogP contribution in [0, 0.1) is 20.8 Å². The first-order chi connectivity index (χ1) is 13.6. The number of rotatable bonds is 9. The fraction of sp³-hybridized carbons (Fsp3) is 0.333. The molecule has 1 aromatic heterocycles. The largest absolute Gasteiger partial charge is 0.456 e. The number of carbonyl (C=O) groups is 2. The summed E-state index contributed by atoms with van der Waals surface area (Å²) in [5, 5.41) is 0. The van der Waals surface area contributed by atoms with E-state index < -0.39 is 29.1 Å². The number of nitrogens with zero attached hydrogens (tertiary/aromatic N) is 2. The molecule has 0 amide bonds. The van der Waals surface area contributed by atoms with E-state index in [0.29, 0.717) is 12.1 Å². The van der Waals surface area contributed by atoms with E-state index in [1.807, 2.05) is 25.3 Å². The number of aromatic nitrogens is 1. The van der Waals surface area contributed by atoms with Gasteiger partial charge in [0.1, 0.15) is 6.54 Å². The molecule has 0 spiro atoms. The first-order valence-electron chi connectivity index (χ1n) is 9.07. The van der Waals surface area contributed by atoms with E-state index in [2.05, 4.69) is 6.58 Å². The molecule has 0 atom stereocenters. The lowest BCUT2D eigenvalue weighted by molar-refractivity contribution is -0.142. The van der Waals surface area contributed by atoms with Crippen LogP contribution in [0.5, 0.6) is 0 Å². The Balaban J connectivity index is 1.99. The first-order valence-corrected chi connectivity index (χ1v) is 10.5. The Hall–Kier alpha value is -2.71. The monoisotopic (exact) mass is 418 g/mol. The maximum Gasteiger partial charge on any atom is 0.321 e. The van der Waals surface area contributed by atoms with Crippen molar-refractivity contribution in [3.63, 3.8) is 0 Å². The van der Waals surface area contributed by atoms with Crippen LogP contribution in [-0.2, 0) is 26.1 Å². The first kappa shape index (κ1) is 22.6. The van der Waals surface area contributed by atoms with E-state index in [1.54, 1.807) is 24.3 Å². The third kappa shape index (κ3) is 5.21. The molecule has 0 radical (unpaired) electrons. The molecule has 8 heteroatoms. The van der Waals surface area contributed by atoms with Gasteiger partial charge in [0, 0.05) is 30.5 Å². The van der Waals surface area contributed by atoms with Crippen LogP contribution in [-0.4, -0.2) is 49.2 Å². The van der Waals surface area contributed by atoms with Gasteiger partial charge >= 0.3 is 5.97 Å². The number of Topliss-reactive ketones (excluding diaryl/α,β-unsaturated/α-hetero) is 1. The molecule has 0 saturated heterocycles. The standard InChI is InChI=1S/C21H26N2O5S/c1-6-11-23-16(3)12-19(17(23)4)20(24)14-28-21(25)13-22(5)29(26,27)18-9-7-15(2)8-10-18/h6-10,12H,1,11,13-14H2,2-5H3. The van der Waals surface area contributed by atoms with Gasteiger partial charge in [-0.05, 0) is 39.0 Å². The summed E-state index contributed by atoms with van der Waals surface area (Å²) in [4.78, 5) is 24.6. The minimum Gasteiger partial charge on any atom is -0.456 e. The number of aryl methyl sites for hydroxylation is 2. The minimum absolute atomic E-state index is 0.0872. The fourth-order valence-electron chi connectivity index (χ4n) is 2.92. The highest BCUT2D eigenvalue weighted by molar-refractivity contribution is 7.89. The minimum atomic E-state index is -3.82. The lowest BCUT2D eigenvalue weighted by Crippen LogP contribution is -2.33. The van der Waals surface area contributed by atoms with Gasteiger partial charge in [-0.15, -0.1) is 6.58 Å². The third-order valence-corrected chi connectivity index (χ3v) is 6.45. The van der Waals surface area contributed by atoms with Crippen LogP contribution in [0.3, 0.4) is 0 Å². The normalized spacial score (nSPS) is 11.5. The van der Waals surface area contributed by atoms with E-state index in [9.17, 15) is 18.0 Å². The number of hydrogen-bond donors (Lipinski definition) is 0. The molecule has 0 aliphatic carbocycles. The molecule has 0 aliphatic rings. The molecular formula is C21H26N2O5S. The molecule has 0 fully saturated rings. The summed E-state index contributed by atoms with van der Waals surface area (Å²) in [5.41, 5.74) is 3.07. The summed E-state index contributed by atoms with van der Waals surface area (Å²) >= 11 is 0. The lowest BCUT2D eigenvalue weighted by atomic mass is 10.1. The number of carbonyl (C=O) groups excluding carboxylic acids is 2. The number of benzene rings is 1. The van der Waals surface area contributed by atoms with Crippen LogP contribution in [0.15, 0.2) is 47.9 Å². The van der Waals surface area contributed by atoms with Crippen molar-refractivity contribution in [3.05, 3.63) is 65.5 Å². The van der Waals surface area contributed by atoms with Crippen molar-refractivity contribution >= 4 is 21.8 Å². The van der Waals surface area contributed by atoms with Crippen molar-refractivity contribution in [3.8, 4) is 0 Å². The lowest BCUT2D eigenvalue weighted by Gasteiger charge is -2.16. The van der Waals surface area contributed by atoms with Gasteiger partial charge in [-0.3, -0.25) is 9.59 Å². The number of ether oxygens (including phenoxy) is 1. The zero-order valence-electron chi connectivity index (χ0n) is 17.1. The van der Waals surface area contributed by atoms with Crippen molar-refractivity contribution in [1.82, 2.24) is 8.87 Å². The van der Waals surface area contributed by atoms with Crippen molar-refractivity contribution in [2.45, 2.75) is 32.2 Å². The fourth-order valence-corrected chi connectivity index (χ4v) is 4.04. The van der Waals surface area contributed by atoms with E-state index in [0.717, 1.165) is 21.3 Å². The van der Waals surface area contributed by atoms with Gasteiger partial charge in [-0.25, -0.2) is 8.42 Å². The topological polar surface area (TPSA) is 85.7 Å². The summed E-state index contributed by atoms with van der Waals surface area (Å²) in [6.45, 7) is 8.88. The predicted octanol–water partition coefficient (Wildman–Crippen LogP) is 2.65. The van der Waals surface area contributed by atoms with Crippen molar-refractivity contribution < 1.29 is 22.7 Å². The zero-order chi connectivity index (χ0) is 21.8. The number of ketones is 1. The highest BCUT2D eigenvalue weighted by atomic mass is 32.2. The molecule has 2 rings (SSSR count). The number of allylic oxidation sites excluding steroid dienone is 1. The summed E-state index contributed by atoms with van der Waals surface area (Å²) in [5.74, 6) is -1.14. The van der Waals surface area contributed by atoms with Gasteiger partial charge < -0.3 is 9.30 Å². The summed E-state index contributed by atoms with van der Waals surface area (Å²) in [7, 11) is -2.53. The van der Waals surface area contributed by atoms with E-state index in [4.69, 9.17) is 4.74 Å². The molecular weight excluding hydrogens is 392 g/mol. The van der Waals surface area contributed by atoms with E-state index in [1.165, 1.54) is 19.2 Å². The Morgan fingerprint density at radius 2 is 1.79 bits per heavy atom. The molecule has 29 heavy (non-hydrogen) atoms. The Morgan fingerprint density at radius 1 is 1.17 bits per heavy atom. The molecule has 2 aromatic rings. The van der Waals surface area contributed by atoms with Gasteiger partial charge in [0.15, 0.2) is 6.61 Å². The zero-order valence-corrected chi connectivity index (χ0v) is 18.0. The SMILES string of the molecule is C=CCn1c(C)cc(C(=O)COC(=O)CN(C)S(=O)(=O)c2ccc(C)cc2)c1C. The molecule has 0 unspecified atom stereocenters. The van der Waals surface area contributed by atoms with Crippen LogP contribution < -0.4 is 0 Å². The Bertz CT molecular complexity index is 1020. The predicted molar refractivity (Wildman–Crippen MR) is 110 cm³/mol. The second-order valence-electron chi connectivity index (χ2n) is 6.84. The van der Waals surface area contributed by atoms with Crippen molar-refractivity contribution in [2.24, 2.45) is 0 Å². The highest BCUT2D eigenvalue weighted by Gasteiger charge is 2.24. The number of likely N-dealkylation sites (N-methyl/N-ethyl adjacent to an activating group) is 1. The van der Waals surface area contributed by atoms with Crippen LogP contribution >= 0.6 is 0 Å². The summed E-state index contributed by atoms with van der Waals surface area (Å²) in [6.07, 6.45) is 1.73. The molecule has 0 aliphatic heterocycles. The van der Waals surface area contributed by atoms with Gasteiger partial charge in [-0.2, -0.15) is 4.31 Å². The van der Waals surface area contributed by atoms with Crippen LogP contribution in [0.25, 0.3) is 0 Å². The van der Waals surface area contributed by atoms with Gasteiger partial charge in [0.2, 0.25) is 15.8 Å². The molecule has 1 aromatic carbocycles. The quantitative estimate of drug-likeness (QED) is 0.355. The molecule has 0 bridgehead atoms. The molecule has 0 N–H and O–H groups in total. The maximum atomic E-state index is 12.5. The maximum absolute atomic E-state index is 12.5. The molecule has 156 valence electrons. The smallest absolute Gasteiger partial charge is 0.321 e. The van der Waals surface area contributed by atoms with Crippen molar-refractivity contribution in [2.75, 3.05) is 20.2 Å². The van der Waals surface area contributed by atoms with Crippen LogP contribution in [0.1, 0.15) is 27.3 Å². The van der Waals surface area contributed by atoms with Gasteiger partial charge in [0.05, 0.1) is 4.90 Å². The second-order valence-corrected chi connectivity index (χ2v) is 8.89. The van der Waals surface area contributed by atoms with Gasteiger partial charge in [-0.1, -0.05) is 23.8 Å². The average Bonchev–Trinajstić information content (AvgIpc) is 2.95. The number of esters is 1. The van der Waals surface area contributed by atoms with E-state index >= 15 is 0 Å². The summed E-state index contributed by atoms with van der Waals surface area (Å²) < 4.78 is 32.9.